The van der Waals surface area contributed by atoms with Crippen LogP contribution in [-0.2, 0) is 25.2 Å². The molecule has 4 heterocycles. The fraction of sp³-hybridized carbons (Fsp3) is 0.368. The van der Waals surface area contributed by atoms with Crippen molar-refractivity contribution in [1.82, 2.24) is 29.2 Å². The second-order valence-corrected chi connectivity index (χ2v) is 13.9. The number of hydrogen-bond donors (Lipinski definition) is 0. The molecule has 8 rings (SSSR count). The number of hydrogen-bond acceptors (Lipinski definition) is 6. The summed E-state index contributed by atoms with van der Waals surface area (Å²) < 4.78 is 150. The summed E-state index contributed by atoms with van der Waals surface area (Å²) in [7, 11) is 0. The van der Waals surface area contributed by atoms with Gasteiger partial charge in [-0.2, -0.15) is 53.3 Å². The molecule has 0 N–H and O–H groups in total. The van der Waals surface area contributed by atoms with Gasteiger partial charge in [0, 0.05) is 60.6 Å². The van der Waals surface area contributed by atoms with Crippen LogP contribution in [0.15, 0.2) is 60.9 Å². The van der Waals surface area contributed by atoms with Gasteiger partial charge in [0.15, 0.2) is 22.9 Å². The van der Waals surface area contributed by atoms with Gasteiger partial charge in [0.25, 0.3) is 0 Å². The van der Waals surface area contributed by atoms with E-state index in [9.17, 15) is 43.9 Å². The lowest BCUT2D eigenvalue weighted by Crippen LogP contribution is -2.16. The maximum atomic E-state index is 13.8. The van der Waals surface area contributed by atoms with Crippen LogP contribution in [-0.4, -0.2) is 29.2 Å². The van der Waals surface area contributed by atoms with Gasteiger partial charge in [-0.25, -0.2) is 17.6 Å². The maximum Gasteiger partial charge on any atom is 0.420 e. The minimum atomic E-state index is -4.71. The van der Waals surface area contributed by atoms with Crippen LogP contribution < -0.4 is 9.47 Å². The van der Waals surface area contributed by atoms with Gasteiger partial charge in [0.2, 0.25) is 0 Å². The smallest absolute Gasteiger partial charge is 0.420 e. The summed E-state index contributed by atoms with van der Waals surface area (Å²) in [6.45, 7) is 2.75. The second-order valence-electron chi connectivity index (χ2n) is 13.9. The van der Waals surface area contributed by atoms with Gasteiger partial charge in [-0.05, 0) is 75.6 Å². The van der Waals surface area contributed by atoms with E-state index in [0.717, 1.165) is 49.9 Å². The summed E-state index contributed by atoms with van der Waals surface area (Å²) in [5.74, 6) is -2.25. The molecule has 2 aliphatic carbocycles. The van der Waals surface area contributed by atoms with Crippen LogP contribution >= 0.6 is 27.0 Å². The van der Waals surface area contributed by atoms with Gasteiger partial charge in [-0.15, -0.1) is 20.4 Å². The summed E-state index contributed by atoms with van der Waals surface area (Å²) in [4.78, 5) is 0. The molecule has 0 bridgehead atoms. The molecule has 0 spiro atoms. The molecular formula is C38H36F10N6O2S2. The molecule has 2 saturated carbocycles. The molecule has 8 nitrogen and oxygen atoms in total. The van der Waals surface area contributed by atoms with Gasteiger partial charge < -0.3 is 9.47 Å². The van der Waals surface area contributed by atoms with Crippen LogP contribution in [0.3, 0.4) is 0 Å². The van der Waals surface area contributed by atoms with E-state index in [0.29, 0.717) is 48.5 Å². The van der Waals surface area contributed by atoms with Crippen LogP contribution in [0, 0.1) is 35.1 Å². The van der Waals surface area contributed by atoms with E-state index in [1.807, 2.05) is 0 Å². The highest BCUT2D eigenvalue weighted by Crippen LogP contribution is 2.41. The van der Waals surface area contributed by atoms with Crippen molar-refractivity contribution in [3.8, 4) is 11.5 Å². The quantitative estimate of drug-likeness (QED) is 0.128. The van der Waals surface area contributed by atoms with E-state index in [2.05, 4.69) is 20.4 Å². The van der Waals surface area contributed by atoms with Gasteiger partial charge in [0.1, 0.15) is 58.2 Å². The van der Waals surface area contributed by atoms with Crippen LogP contribution in [0.4, 0.5) is 43.9 Å². The molecule has 0 saturated heterocycles. The third-order valence-electron chi connectivity index (χ3n) is 9.49. The Kier molecular flexibility index (Phi) is 13.2. The summed E-state index contributed by atoms with van der Waals surface area (Å²) in [5.41, 5.74) is -2.94. The Labute approximate surface area is 338 Å². The molecule has 2 atom stereocenters. The van der Waals surface area contributed by atoms with Gasteiger partial charge >= 0.3 is 12.4 Å². The Morgan fingerprint density at radius 2 is 1.05 bits per heavy atom. The van der Waals surface area contributed by atoms with Crippen molar-refractivity contribution in [1.29, 1.82) is 0 Å². The van der Waals surface area contributed by atoms with Crippen molar-refractivity contribution >= 4 is 38.3 Å². The van der Waals surface area contributed by atoms with Crippen molar-refractivity contribution in [2.24, 2.45) is 11.8 Å². The predicted molar refractivity (Wildman–Crippen MR) is 200 cm³/mol. The van der Waals surface area contributed by atoms with E-state index in [1.54, 1.807) is 0 Å². The third kappa shape index (κ3) is 9.93. The van der Waals surface area contributed by atoms with Crippen molar-refractivity contribution in [3.63, 3.8) is 0 Å². The van der Waals surface area contributed by atoms with E-state index in [4.69, 9.17) is 9.47 Å². The predicted octanol–water partition coefficient (Wildman–Crippen LogP) is 10.5. The fourth-order valence-corrected chi connectivity index (χ4v) is 6.42. The van der Waals surface area contributed by atoms with Crippen molar-refractivity contribution in [2.75, 3.05) is 0 Å². The minimum absolute atomic E-state index is 0. The van der Waals surface area contributed by atoms with Crippen LogP contribution in [0.5, 0.6) is 11.5 Å². The highest BCUT2D eigenvalue weighted by Gasteiger charge is 2.41. The number of fused-ring (bicyclic) bond motifs is 2. The first kappa shape index (κ1) is 44.4. The number of alkyl halides is 6. The Morgan fingerprint density at radius 1 is 0.603 bits per heavy atom. The molecule has 312 valence electrons. The van der Waals surface area contributed by atoms with Gasteiger partial charge in [0.05, 0.1) is 0 Å². The minimum Gasteiger partial charge on any atom is -0.486 e. The average molecular weight is 863 g/mol. The molecule has 2 aromatic carbocycles. The number of benzene rings is 2. The lowest BCUT2D eigenvalue weighted by atomic mass is 10.0. The summed E-state index contributed by atoms with van der Waals surface area (Å²) in [6.07, 6.45) is -3.44. The number of ether oxygens (including phenoxy) is 2. The SMILES string of the molecule is C[C@H](Oc1cc(F)cc(F)c1)c1ccn2c(CC3CC3)nnc2c1C(F)(F)F.C[C@H](Oc1ccc(F)cc1F)c1ccn2c(CC3CC3)nnc2c1C(F)(F)F.S.S. The highest BCUT2D eigenvalue weighted by molar-refractivity contribution is 7.59. The van der Waals surface area contributed by atoms with E-state index in [-0.39, 0.29) is 60.9 Å². The molecular weight excluding hydrogens is 827 g/mol. The Bertz CT molecular complexity index is 2380. The Hall–Kier alpha value is -4.72. The summed E-state index contributed by atoms with van der Waals surface area (Å²) in [6, 6.07) is 7.67. The van der Waals surface area contributed by atoms with Crippen molar-refractivity contribution in [2.45, 2.75) is 76.9 Å². The number of halogens is 10. The highest BCUT2D eigenvalue weighted by atomic mass is 32.1. The summed E-state index contributed by atoms with van der Waals surface area (Å²) >= 11 is 0. The molecule has 0 aliphatic heterocycles. The van der Waals surface area contributed by atoms with Crippen LogP contribution in [0.2, 0.25) is 0 Å². The number of aromatic nitrogens is 6. The lowest BCUT2D eigenvalue weighted by Gasteiger charge is -2.20. The van der Waals surface area contributed by atoms with Crippen molar-refractivity contribution in [3.05, 3.63) is 118 Å². The normalized spacial score (nSPS) is 15.2. The van der Waals surface area contributed by atoms with Crippen molar-refractivity contribution < 1.29 is 53.4 Å². The van der Waals surface area contributed by atoms with E-state index >= 15 is 0 Å². The van der Waals surface area contributed by atoms with Gasteiger partial charge in [-0.1, -0.05) is 0 Å². The number of rotatable bonds is 10. The molecule has 0 unspecified atom stereocenters. The molecule has 4 aromatic heterocycles. The number of nitrogens with zero attached hydrogens (tertiary/aromatic N) is 6. The Morgan fingerprint density at radius 3 is 1.47 bits per heavy atom. The zero-order valence-corrected chi connectivity index (χ0v) is 32.6. The second kappa shape index (κ2) is 17.2. The molecule has 0 amide bonds. The summed E-state index contributed by atoms with van der Waals surface area (Å²) in [5, 5.41) is 15.4. The average Bonchev–Trinajstić information content (AvgIpc) is 4.03. The van der Waals surface area contributed by atoms with E-state index < -0.39 is 59.0 Å². The zero-order valence-electron chi connectivity index (χ0n) is 30.6. The molecule has 58 heavy (non-hydrogen) atoms. The largest absolute Gasteiger partial charge is 0.486 e. The standard InChI is InChI=1S/2C19H16F5N3O.2H2S/c1-10(28-14-8-12(20)7-13(21)9-14)15-4-5-27-16(6-11-2-3-11)25-26-18(27)17(15)19(22,23)24;1-10(28-15-5-4-12(20)9-14(15)21)13-6-7-27-16(8-11-2-3-11)25-26-18(27)17(13)19(22,23)24;;/h4-5,7-11H,2-3,6H2,1H3;4-7,9-11H,2-3,8H2,1H3;2*1H2/t2*10-;;/m00../s1. The first-order valence-electron chi connectivity index (χ1n) is 17.6. The topological polar surface area (TPSA) is 78.8 Å². The van der Waals surface area contributed by atoms with E-state index in [1.165, 1.54) is 47.2 Å². The monoisotopic (exact) mass is 862 g/mol. The van der Waals surface area contributed by atoms with Crippen LogP contribution in [0.1, 0.15) is 85.6 Å². The lowest BCUT2D eigenvalue weighted by molar-refractivity contribution is -0.138. The fourth-order valence-electron chi connectivity index (χ4n) is 6.42. The molecule has 6 aromatic rings. The molecule has 2 aliphatic rings. The zero-order chi connectivity index (χ0) is 40.1. The molecule has 2 fully saturated rings. The molecule has 0 radical (unpaired) electrons. The molecule has 20 heteroatoms. The van der Waals surface area contributed by atoms with Gasteiger partial charge in [-0.3, -0.25) is 8.80 Å². The van der Waals surface area contributed by atoms with Crippen LogP contribution in [0.25, 0.3) is 11.3 Å². The maximum absolute atomic E-state index is 13.8. The first-order chi connectivity index (χ1) is 26.5. The third-order valence-corrected chi connectivity index (χ3v) is 9.49. The first-order valence-corrected chi connectivity index (χ1v) is 17.6. The number of pyridine rings is 2. The Balaban J connectivity index is 0.000000214.